The van der Waals surface area contributed by atoms with Crippen molar-refractivity contribution in [3.05, 3.63) is 12.2 Å². The fourth-order valence-corrected chi connectivity index (χ4v) is 6.59. The first kappa shape index (κ1) is 12.8. The van der Waals surface area contributed by atoms with Gasteiger partial charge in [-0.05, 0) is 67.8 Å². The number of hydrogen-bond acceptors (Lipinski definition) is 3. The molecule has 1 N–H and O–H groups in total. The number of aliphatic hydroxyl groups is 1. The van der Waals surface area contributed by atoms with Gasteiger partial charge in [0.1, 0.15) is 5.60 Å². The van der Waals surface area contributed by atoms with Crippen LogP contribution in [-0.4, -0.2) is 28.7 Å². The minimum Gasteiger partial charge on any atom is -0.393 e. The van der Waals surface area contributed by atoms with Gasteiger partial charge in [0, 0.05) is 5.92 Å². The molecule has 21 heavy (non-hydrogen) atoms. The third kappa shape index (κ3) is 1.40. The van der Waals surface area contributed by atoms with Crippen LogP contribution >= 0.6 is 0 Å². The topological polar surface area (TPSA) is 49.8 Å². The smallest absolute Gasteiger partial charge is 0.187 e. The maximum Gasteiger partial charge on any atom is 0.187 e. The van der Waals surface area contributed by atoms with E-state index in [0.29, 0.717) is 17.8 Å². The lowest BCUT2D eigenvalue weighted by Crippen LogP contribution is -2.51. The molecule has 0 aromatic rings. The molecule has 0 aromatic heterocycles. The molecule has 0 amide bonds. The van der Waals surface area contributed by atoms with Crippen molar-refractivity contribution < 1.29 is 14.6 Å². The number of fused-ring (bicyclic) bond motifs is 4. The van der Waals surface area contributed by atoms with Crippen LogP contribution in [0, 0.1) is 29.1 Å². The van der Waals surface area contributed by atoms with Crippen LogP contribution < -0.4 is 0 Å². The van der Waals surface area contributed by atoms with E-state index in [9.17, 15) is 9.90 Å². The van der Waals surface area contributed by atoms with Crippen LogP contribution in [0.2, 0.25) is 0 Å². The zero-order chi connectivity index (χ0) is 14.4. The largest absolute Gasteiger partial charge is 0.393 e. The molecule has 3 heteroatoms. The number of aliphatic hydroxyl groups excluding tert-OH is 1. The van der Waals surface area contributed by atoms with Crippen LogP contribution in [0.3, 0.4) is 0 Å². The highest BCUT2D eigenvalue weighted by atomic mass is 16.6. The molecule has 5 aliphatic rings. The Morgan fingerprint density at radius 1 is 1.19 bits per heavy atom. The van der Waals surface area contributed by atoms with E-state index < -0.39 is 0 Å². The first-order valence-electron chi connectivity index (χ1n) is 8.64. The Hall–Kier alpha value is -0.670. The van der Waals surface area contributed by atoms with Crippen LogP contribution in [0.1, 0.15) is 45.4 Å². The van der Waals surface area contributed by atoms with Crippen molar-refractivity contribution in [2.75, 3.05) is 0 Å². The Kier molecular flexibility index (Phi) is 2.32. The molecular formula is C18H24O3. The van der Waals surface area contributed by atoms with Crippen LogP contribution in [0.5, 0.6) is 0 Å². The molecule has 4 aliphatic carbocycles. The number of ether oxygens (including phenoxy) is 1. The minimum absolute atomic E-state index is 0.104. The SMILES string of the molecule is C[C@]12CC[C@H]3[C@@H](CC[C@@]45O[C@@H]4C(=O)C=C[C@H]35)[C@@H]1CC[C@@H]2O. The van der Waals surface area contributed by atoms with E-state index >= 15 is 0 Å². The fourth-order valence-electron chi connectivity index (χ4n) is 6.59. The normalized spacial score (nSPS) is 60.8. The summed E-state index contributed by atoms with van der Waals surface area (Å²) in [5.74, 6) is 2.69. The molecular weight excluding hydrogens is 264 g/mol. The van der Waals surface area contributed by atoms with E-state index in [4.69, 9.17) is 4.74 Å². The van der Waals surface area contributed by atoms with Crippen molar-refractivity contribution in [2.24, 2.45) is 29.1 Å². The average molecular weight is 288 g/mol. The Labute approximate surface area is 125 Å². The third-order valence-electron chi connectivity index (χ3n) is 7.79. The van der Waals surface area contributed by atoms with E-state index in [1.165, 1.54) is 19.3 Å². The van der Waals surface area contributed by atoms with Gasteiger partial charge in [0.15, 0.2) is 11.9 Å². The molecule has 8 atom stereocenters. The van der Waals surface area contributed by atoms with E-state index in [0.717, 1.165) is 25.2 Å². The molecule has 5 rings (SSSR count). The highest BCUT2D eigenvalue weighted by Gasteiger charge is 2.70. The van der Waals surface area contributed by atoms with Crippen molar-refractivity contribution in [3.8, 4) is 0 Å². The van der Waals surface area contributed by atoms with Gasteiger partial charge in [0.2, 0.25) is 0 Å². The van der Waals surface area contributed by atoms with Crippen molar-refractivity contribution in [1.29, 1.82) is 0 Å². The summed E-state index contributed by atoms with van der Waals surface area (Å²) in [4.78, 5) is 11.9. The molecule has 1 heterocycles. The van der Waals surface area contributed by atoms with Gasteiger partial charge in [-0.2, -0.15) is 0 Å². The maximum absolute atomic E-state index is 11.9. The lowest BCUT2D eigenvalue weighted by Gasteiger charge is -2.53. The summed E-state index contributed by atoms with van der Waals surface area (Å²) >= 11 is 0. The Balaban J connectivity index is 1.50. The Morgan fingerprint density at radius 2 is 2.00 bits per heavy atom. The summed E-state index contributed by atoms with van der Waals surface area (Å²) in [5.41, 5.74) is 0.0155. The lowest BCUT2D eigenvalue weighted by molar-refractivity contribution is -0.116. The Morgan fingerprint density at radius 3 is 2.86 bits per heavy atom. The highest BCUT2D eigenvalue weighted by molar-refractivity contribution is 5.98. The second-order valence-electron chi connectivity index (χ2n) is 8.35. The molecule has 0 bridgehead atoms. The Bertz CT molecular complexity index is 541. The molecule has 1 aliphatic heterocycles. The quantitative estimate of drug-likeness (QED) is 0.697. The van der Waals surface area contributed by atoms with E-state index in [1.54, 1.807) is 6.08 Å². The standard InChI is InChI=1S/C18H24O3/c1-17-8-6-11-10(12(17)3-5-15(17)20)7-9-18-13(11)2-4-14(19)16(18)21-18/h2,4,10-13,15-16,20H,3,5-9H2,1H3/t10-,11+,12+,13-,15+,16-,17+,18+/m1/s1. The van der Waals surface area contributed by atoms with Gasteiger partial charge in [0.25, 0.3) is 0 Å². The summed E-state index contributed by atoms with van der Waals surface area (Å²) < 4.78 is 5.93. The molecule has 3 nitrogen and oxygen atoms in total. The monoisotopic (exact) mass is 288 g/mol. The van der Waals surface area contributed by atoms with Crippen LogP contribution in [0.15, 0.2) is 12.2 Å². The van der Waals surface area contributed by atoms with E-state index in [1.807, 2.05) is 0 Å². The molecule has 114 valence electrons. The molecule has 3 saturated carbocycles. The van der Waals surface area contributed by atoms with Crippen molar-refractivity contribution in [1.82, 2.24) is 0 Å². The molecule has 0 aromatic carbocycles. The third-order valence-corrected chi connectivity index (χ3v) is 7.79. The minimum atomic E-state index is -0.129. The number of ketones is 1. The fraction of sp³-hybridized carbons (Fsp3) is 0.833. The molecule has 0 radical (unpaired) electrons. The number of carbonyl (C=O) groups excluding carboxylic acids is 1. The second kappa shape index (κ2) is 3.80. The van der Waals surface area contributed by atoms with Crippen molar-refractivity contribution >= 4 is 5.78 Å². The van der Waals surface area contributed by atoms with E-state index in [2.05, 4.69) is 13.0 Å². The summed E-state index contributed by atoms with van der Waals surface area (Å²) in [7, 11) is 0. The molecule has 4 fully saturated rings. The van der Waals surface area contributed by atoms with Gasteiger partial charge in [0.05, 0.1) is 6.10 Å². The van der Waals surface area contributed by atoms with Gasteiger partial charge < -0.3 is 9.84 Å². The van der Waals surface area contributed by atoms with Gasteiger partial charge in [-0.1, -0.05) is 13.0 Å². The van der Waals surface area contributed by atoms with Gasteiger partial charge in [-0.3, -0.25) is 4.79 Å². The molecule has 0 unspecified atom stereocenters. The predicted molar refractivity (Wildman–Crippen MR) is 77.5 cm³/mol. The second-order valence-corrected chi connectivity index (χ2v) is 8.35. The zero-order valence-corrected chi connectivity index (χ0v) is 12.6. The highest BCUT2D eigenvalue weighted by Crippen LogP contribution is 2.66. The van der Waals surface area contributed by atoms with Crippen LogP contribution in [-0.2, 0) is 9.53 Å². The summed E-state index contributed by atoms with van der Waals surface area (Å²) in [6.07, 6.45) is 10.4. The summed E-state index contributed by atoms with van der Waals surface area (Å²) in [6, 6.07) is 0. The summed E-state index contributed by atoms with van der Waals surface area (Å²) in [5, 5.41) is 10.4. The van der Waals surface area contributed by atoms with E-state index in [-0.39, 0.29) is 29.0 Å². The first-order chi connectivity index (χ1) is 10.1. The van der Waals surface area contributed by atoms with Gasteiger partial charge in [-0.15, -0.1) is 0 Å². The average Bonchev–Trinajstić information content (AvgIpc) is 3.13. The first-order valence-corrected chi connectivity index (χ1v) is 8.64. The zero-order valence-electron chi connectivity index (χ0n) is 12.6. The number of hydrogen-bond donors (Lipinski definition) is 1. The maximum atomic E-state index is 11.9. The van der Waals surface area contributed by atoms with Crippen LogP contribution in [0.4, 0.5) is 0 Å². The van der Waals surface area contributed by atoms with Gasteiger partial charge in [-0.25, -0.2) is 0 Å². The molecule has 1 spiro atoms. The van der Waals surface area contributed by atoms with Gasteiger partial charge >= 0.3 is 0 Å². The van der Waals surface area contributed by atoms with Crippen LogP contribution in [0.25, 0.3) is 0 Å². The van der Waals surface area contributed by atoms with Crippen molar-refractivity contribution in [2.45, 2.75) is 63.3 Å². The number of epoxide rings is 1. The summed E-state index contributed by atoms with van der Waals surface area (Å²) in [6.45, 7) is 2.31. The van der Waals surface area contributed by atoms with Crippen molar-refractivity contribution in [3.63, 3.8) is 0 Å². The molecule has 1 saturated heterocycles. The number of rotatable bonds is 0. The lowest BCUT2D eigenvalue weighted by atomic mass is 9.51. The number of carbonyl (C=O) groups is 1. The predicted octanol–water partition coefficient (Wildman–Crippen LogP) is 2.48.